The van der Waals surface area contributed by atoms with E-state index in [1.54, 1.807) is 6.07 Å². The van der Waals surface area contributed by atoms with Gasteiger partial charge >= 0.3 is 6.18 Å². The van der Waals surface area contributed by atoms with Crippen LogP contribution < -0.4 is 11.1 Å². The van der Waals surface area contributed by atoms with E-state index < -0.39 is 23.6 Å². The van der Waals surface area contributed by atoms with Gasteiger partial charge in [0.05, 0.1) is 11.6 Å². The van der Waals surface area contributed by atoms with Crippen molar-refractivity contribution in [3.8, 4) is 0 Å². The van der Waals surface area contributed by atoms with Gasteiger partial charge in [0.15, 0.2) is 0 Å². The molecule has 112 valence electrons. The normalized spacial score (nSPS) is 13.0. The number of nitrogens with one attached hydrogen (secondary N) is 1. The average Bonchev–Trinajstić information content (AvgIpc) is 2.44. The van der Waals surface area contributed by atoms with Crippen molar-refractivity contribution in [1.29, 1.82) is 0 Å². The first-order valence-corrected chi connectivity index (χ1v) is 6.29. The van der Waals surface area contributed by atoms with Gasteiger partial charge in [0.2, 0.25) is 0 Å². The Bertz CT molecular complexity index is 593. The van der Waals surface area contributed by atoms with Crippen molar-refractivity contribution in [1.82, 2.24) is 0 Å². The molecule has 0 aliphatic carbocycles. The molecular formula is C15H14F4N2. The molecule has 0 bridgehead atoms. The molecule has 6 heteroatoms. The van der Waals surface area contributed by atoms with Gasteiger partial charge in [0.25, 0.3) is 0 Å². The summed E-state index contributed by atoms with van der Waals surface area (Å²) in [6.07, 6.45) is -4.37. The second kappa shape index (κ2) is 6.13. The molecule has 0 amide bonds. The van der Waals surface area contributed by atoms with Crippen LogP contribution in [0.4, 0.5) is 23.2 Å². The molecule has 0 fully saturated rings. The minimum Gasteiger partial charge on any atom is -0.377 e. The van der Waals surface area contributed by atoms with E-state index in [9.17, 15) is 17.6 Å². The van der Waals surface area contributed by atoms with E-state index in [0.717, 1.165) is 12.1 Å². The zero-order chi connectivity index (χ0) is 15.5. The number of anilines is 1. The monoisotopic (exact) mass is 298 g/mol. The van der Waals surface area contributed by atoms with E-state index in [0.29, 0.717) is 11.3 Å². The summed E-state index contributed by atoms with van der Waals surface area (Å²) >= 11 is 0. The number of benzene rings is 2. The number of rotatable bonds is 4. The van der Waals surface area contributed by atoms with Crippen LogP contribution in [0.3, 0.4) is 0 Å². The smallest absolute Gasteiger partial charge is 0.377 e. The van der Waals surface area contributed by atoms with Crippen molar-refractivity contribution < 1.29 is 17.6 Å². The Balaban J connectivity index is 2.18. The molecular weight excluding hydrogens is 284 g/mol. The fourth-order valence-corrected chi connectivity index (χ4v) is 1.96. The molecule has 0 aliphatic heterocycles. The van der Waals surface area contributed by atoms with E-state index in [1.165, 1.54) is 30.3 Å². The Labute approximate surface area is 119 Å². The first-order valence-electron chi connectivity index (χ1n) is 6.29. The highest BCUT2D eigenvalue weighted by Gasteiger charge is 2.30. The standard InChI is InChI=1S/C15H14F4N2/c16-12-2-1-3-13(8-12)21-14(9-20)10-4-6-11(7-5-10)15(17,18)19/h1-8,14,21H,9,20H2. The molecule has 1 atom stereocenters. The Morgan fingerprint density at radius 3 is 2.24 bits per heavy atom. The van der Waals surface area contributed by atoms with Crippen LogP contribution in [0.1, 0.15) is 17.2 Å². The lowest BCUT2D eigenvalue weighted by atomic mass is 10.0. The van der Waals surface area contributed by atoms with Crippen molar-refractivity contribution in [2.45, 2.75) is 12.2 Å². The van der Waals surface area contributed by atoms with Crippen molar-refractivity contribution >= 4 is 5.69 Å². The predicted octanol–water partition coefficient (Wildman–Crippen LogP) is 3.96. The number of nitrogens with two attached hydrogens (primary N) is 1. The third-order valence-electron chi connectivity index (χ3n) is 3.04. The minimum atomic E-state index is -4.37. The maximum Gasteiger partial charge on any atom is 0.416 e. The fourth-order valence-electron chi connectivity index (χ4n) is 1.96. The van der Waals surface area contributed by atoms with E-state index in [2.05, 4.69) is 5.32 Å². The van der Waals surface area contributed by atoms with Crippen LogP contribution in [0.15, 0.2) is 48.5 Å². The van der Waals surface area contributed by atoms with E-state index in [-0.39, 0.29) is 6.54 Å². The highest BCUT2D eigenvalue weighted by molar-refractivity contribution is 5.46. The molecule has 0 aromatic heterocycles. The Kier molecular flexibility index (Phi) is 4.47. The third kappa shape index (κ3) is 3.95. The van der Waals surface area contributed by atoms with Crippen LogP contribution in [0.5, 0.6) is 0 Å². The fraction of sp³-hybridized carbons (Fsp3) is 0.200. The van der Waals surface area contributed by atoms with Gasteiger partial charge in [-0.15, -0.1) is 0 Å². The lowest BCUT2D eigenvalue weighted by Crippen LogP contribution is -2.20. The Hall–Kier alpha value is -2.08. The lowest BCUT2D eigenvalue weighted by Gasteiger charge is -2.19. The molecule has 0 aliphatic rings. The quantitative estimate of drug-likeness (QED) is 0.839. The van der Waals surface area contributed by atoms with Gasteiger partial charge in [0.1, 0.15) is 5.82 Å². The first-order chi connectivity index (χ1) is 9.90. The Morgan fingerprint density at radius 2 is 1.71 bits per heavy atom. The largest absolute Gasteiger partial charge is 0.416 e. The molecule has 2 nitrogen and oxygen atoms in total. The molecule has 0 radical (unpaired) electrons. The second-order valence-electron chi connectivity index (χ2n) is 4.56. The molecule has 0 heterocycles. The van der Waals surface area contributed by atoms with E-state index in [1.807, 2.05) is 0 Å². The minimum absolute atomic E-state index is 0.169. The summed E-state index contributed by atoms with van der Waals surface area (Å²) in [5.74, 6) is -0.400. The maximum atomic E-state index is 13.1. The topological polar surface area (TPSA) is 38.0 Å². The summed E-state index contributed by atoms with van der Waals surface area (Å²) < 4.78 is 50.6. The summed E-state index contributed by atoms with van der Waals surface area (Å²) in [5.41, 5.74) is 6.05. The van der Waals surface area contributed by atoms with Crippen molar-refractivity contribution in [3.05, 3.63) is 65.5 Å². The van der Waals surface area contributed by atoms with Crippen LogP contribution in [-0.4, -0.2) is 6.54 Å². The summed E-state index contributed by atoms with van der Waals surface area (Å²) in [7, 11) is 0. The molecule has 3 N–H and O–H groups in total. The van der Waals surface area contributed by atoms with E-state index >= 15 is 0 Å². The molecule has 21 heavy (non-hydrogen) atoms. The average molecular weight is 298 g/mol. The molecule has 2 aromatic rings. The SMILES string of the molecule is NCC(Nc1cccc(F)c1)c1ccc(C(F)(F)F)cc1. The third-order valence-corrected chi connectivity index (χ3v) is 3.04. The second-order valence-corrected chi connectivity index (χ2v) is 4.56. The van der Waals surface area contributed by atoms with Gasteiger partial charge in [-0.1, -0.05) is 18.2 Å². The summed E-state index contributed by atoms with van der Waals surface area (Å²) in [6.45, 7) is 0.169. The van der Waals surface area contributed by atoms with Crippen molar-refractivity contribution in [2.24, 2.45) is 5.73 Å². The zero-order valence-corrected chi connectivity index (χ0v) is 11.0. The van der Waals surface area contributed by atoms with E-state index in [4.69, 9.17) is 5.73 Å². The van der Waals surface area contributed by atoms with Gasteiger partial charge in [-0.25, -0.2) is 4.39 Å². The molecule has 0 spiro atoms. The van der Waals surface area contributed by atoms with Crippen LogP contribution in [0.25, 0.3) is 0 Å². The van der Waals surface area contributed by atoms with Crippen LogP contribution in [-0.2, 0) is 6.18 Å². The van der Waals surface area contributed by atoms with Crippen LogP contribution in [0.2, 0.25) is 0 Å². The van der Waals surface area contributed by atoms with Gasteiger partial charge in [0, 0.05) is 12.2 Å². The van der Waals surface area contributed by atoms with Gasteiger partial charge in [-0.05, 0) is 35.9 Å². The van der Waals surface area contributed by atoms with Gasteiger partial charge in [-0.2, -0.15) is 13.2 Å². The predicted molar refractivity (Wildman–Crippen MR) is 73.3 cm³/mol. The molecule has 1 unspecified atom stereocenters. The highest BCUT2D eigenvalue weighted by atomic mass is 19.4. The zero-order valence-electron chi connectivity index (χ0n) is 11.0. The number of halogens is 4. The van der Waals surface area contributed by atoms with Crippen molar-refractivity contribution in [3.63, 3.8) is 0 Å². The molecule has 2 rings (SSSR count). The summed E-state index contributed by atoms with van der Waals surface area (Å²) in [4.78, 5) is 0. The highest BCUT2D eigenvalue weighted by Crippen LogP contribution is 2.30. The first kappa shape index (κ1) is 15.3. The molecule has 2 aromatic carbocycles. The van der Waals surface area contributed by atoms with Gasteiger partial charge in [-0.3, -0.25) is 0 Å². The van der Waals surface area contributed by atoms with Crippen LogP contribution in [0, 0.1) is 5.82 Å². The number of alkyl halides is 3. The van der Waals surface area contributed by atoms with Gasteiger partial charge < -0.3 is 11.1 Å². The lowest BCUT2D eigenvalue weighted by molar-refractivity contribution is -0.137. The molecule has 0 saturated carbocycles. The number of hydrogen-bond acceptors (Lipinski definition) is 2. The maximum absolute atomic E-state index is 13.1. The number of hydrogen-bond donors (Lipinski definition) is 2. The summed E-state index contributed by atoms with van der Waals surface area (Å²) in [5, 5.41) is 3.00. The summed E-state index contributed by atoms with van der Waals surface area (Å²) in [6, 6.07) is 10.2. The Morgan fingerprint density at radius 1 is 1.05 bits per heavy atom. The van der Waals surface area contributed by atoms with Crippen molar-refractivity contribution in [2.75, 3.05) is 11.9 Å². The van der Waals surface area contributed by atoms with Crippen LogP contribution >= 0.6 is 0 Å². The molecule has 0 saturated heterocycles.